The molecule has 0 spiro atoms. The first-order valence-corrected chi connectivity index (χ1v) is 7.42. The number of carbonyl (C=O) groups excluding carboxylic acids is 1. The Labute approximate surface area is 120 Å². The van der Waals surface area contributed by atoms with Gasteiger partial charge in [0, 0.05) is 31.4 Å². The van der Waals surface area contributed by atoms with Crippen LogP contribution in [0.4, 0.5) is 0 Å². The molecule has 0 atom stereocenters. The van der Waals surface area contributed by atoms with E-state index in [-0.39, 0.29) is 5.91 Å². The summed E-state index contributed by atoms with van der Waals surface area (Å²) in [6.07, 6.45) is 2.44. The number of nitrogens with one attached hydrogen (secondary N) is 2. The van der Waals surface area contributed by atoms with Crippen molar-refractivity contribution in [3.8, 4) is 0 Å². The van der Waals surface area contributed by atoms with Crippen LogP contribution in [0.5, 0.6) is 0 Å². The monoisotopic (exact) mass is 292 g/mol. The Kier molecular flexibility index (Phi) is 3.75. The summed E-state index contributed by atoms with van der Waals surface area (Å²) in [4.78, 5) is 16.3. The summed E-state index contributed by atoms with van der Waals surface area (Å²) in [5.41, 5.74) is 1.38. The number of amides is 1. The molecule has 8 heteroatoms. The predicted molar refractivity (Wildman–Crippen MR) is 74.8 cm³/mol. The average molecular weight is 292 g/mol. The smallest absolute Gasteiger partial charge is 0.273 e. The highest BCUT2D eigenvalue weighted by atomic mass is 32.1. The van der Waals surface area contributed by atoms with Gasteiger partial charge in [0.2, 0.25) is 0 Å². The van der Waals surface area contributed by atoms with Crippen LogP contribution >= 0.6 is 11.3 Å². The van der Waals surface area contributed by atoms with Gasteiger partial charge in [-0.15, -0.1) is 16.4 Å². The summed E-state index contributed by atoms with van der Waals surface area (Å²) in [5.74, 6) is -0.185. The summed E-state index contributed by atoms with van der Waals surface area (Å²) in [7, 11) is 0. The second-order valence-corrected chi connectivity index (χ2v) is 5.82. The van der Waals surface area contributed by atoms with Gasteiger partial charge >= 0.3 is 0 Å². The van der Waals surface area contributed by atoms with Gasteiger partial charge in [-0.1, -0.05) is 5.21 Å². The van der Waals surface area contributed by atoms with E-state index in [1.54, 1.807) is 22.2 Å². The first-order chi connectivity index (χ1) is 9.72. The molecule has 0 unspecified atom stereocenters. The topological polar surface area (TPSA) is 84.7 Å². The Morgan fingerprint density at radius 3 is 3.10 bits per heavy atom. The third kappa shape index (κ3) is 2.86. The summed E-state index contributed by atoms with van der Waals surface area (Å²) < 4.78 is 1.75. The zero-order valence-corrected chi connectivity index (χ0v) is 12.0. The summed E-state index contributed by atoms with van der Waals surface area (Å²) in [6, 6.07) is 0.321. The van der Waals surface area contributed by atoms with Crippen molar-refractivity contribution < 1.29 is 4.79 Å². The van der Waals surface area contributed by atoms with Crippen LogP contribution in [0.25, 0.3) is 0 Å². The van der Waals surface area contributed by atoms with E-state index in [0.717, 1.165) is 30.2 Å². The van der Waals surface area contributed by atoms with E-state index in [1.807, 2.05) is 12.3 Å². The van der Waals surface area contributed by atoms with E-state index in [1.165, 1.54) is 0 Å². The molecule has 7 nitrogen and oxygen atoms in total. The minimum atomic E-state index is -0.185. The SMILES string of the molecule is Cc1nc(CCNC(=O)c2cn(C3CNC3)nn2)cs1. The van der Waals surface area contributed by atoms with Crippen LogP contribution in [0, 0.1) is 6.92 Å². The lowest BCUT2D eigenvalue weighted by atomic mass is 10.2. The maximum Gasteiger partial charge on any atom is 0.273 e. The fourth-order valence-corrected chi connectivity index (χ4v) is 2.58. The molecule has 3 heterocycles. The molecule has 2 aromatic heterocycles. The number of hydrogen-bond acceptors (Lipinski definition) is 6. The Morgan fingerprint density at radius 1 is 1.60 bits per heavy atom. The van der Waals surface area contributed by atoms with Gasteiger partial charge in [0.15, 0.2) is 5.69 Å². The quantitative estimate of drug-likeness (QED) is 0.820. The molecule has 2 N–H and O–H groups in total. The molecule has 3 rings (SSSR count). The molecule has 1 aliphatic rings. The number of rotatable bonds is 5. The molecular weight excluding hydrogens is 276 g/mol. The number of aryl methyl sites for hydroxylation is 1. The number of thiazole rings is 1. The van der Waals surface area contributed by atoms with E-state index in [9.17, 15) is 4.79 Å². The molecule has 1 fully saturated rings. The van der Waals surface area contributed by atoms with Crippen molar-refractivity contribution >= 4 is 17.2 Å². The van der Waals surface area contributed by atoms with Crippen molar-refractivity contribution in [2.45, 2.75) is 19.4 Å². The molecule has 0 aliphatic carbocycles. The normalized spacial score (nSPS) is 15.1. The molecule has 1 saturated heterocycles. The lowest BCUT2D eigenvalue weighted by molar-refractivity contribution is 0.0949. The summed E-state index contributed by atoms with van der Waals surface area (Å²) in [5, 5.41) is 16.9. The maximum absolute atomic E-state index is 11.9. The highest BCUT2D eigenvalue weighted by Crippen LogP contribution is 2.10. The standard InChI is InChI=1S/C12H16N6OS/c1-8-15-9(7-20-8)2-3-14-12(19)11-6-18(17-16-11)10-4-13-5-10/h6-7,10,13H,2-5H2,1H3,(H,14,19). The zero-order valence-electron chi connectivity index (χ0n) is 11.2. The lowest BCUT2D eigenvalue weighted by Crippen LogP contribution is -2.43. The van der Waals surface area contributed by atoms with Gasteiger partial charge in [-0.2, -0.15) is 0 Å². The molecule has 2 aromatic rings. The van der Waals surface area contributed by atoms with Gasteiger partial charge in [-0.3, -0.25) is 4.79 Å². The largest absolute Gasteiger partial charge is 0.350 e. The fraction of sp³-hybridized carbons (Fsp3) is 0.500. The Bertz CT molecular complexity index is 603. The van der Waals surface area contributed by atoms with Crippen LogP contribution in [0.1, 0.15) is 27.2 Å². The molecular formula is C12H16N6OS. The fourth-order valence-electron chi connectivity index (χ4n) is 1.94. The van der Waals surface area contributed by atoms with Gasteiger partial charge in [-0.05, 0) is 6.92 Å². The molecule has 20 heavy (non-hydrogen) atoms. The molecule has 1 amide bonds. The first-order valence-electron chi connectivity index (χ1n) is 6.54. The molecule has 0 saturated carbocycles. The minimum absolute atomic E-state index is 0.185. The minimum Gasteiger partial charge on any atom is -0.350 e. The average Bonchev–Trinajstić information content (AvgIpc) is 2.97. The Hall–Kier alpha value is -1.80. The predicted octanol–water partition coefficient (Wildman–Crippen LogP) is 0.160. The van der Waals surface area contributed by atoms with Gasteiger partial charge < -0.3 is 10.6 Å². The van der Waals surface area contributed by atoms with Crippen molar-refractivity contribution in [1.82, 2.24) is 30.6 Å². The first kappa shape index (κ1) is 13.2. The van der Waals surface area contributed by atoms with Crippen molar-refractivity contribution in [2.24, 2.45) is 0 Å². The molecule has 0 bridgehead atoms. The molecule has 0 radical (unpaired) electrons. The zero-order chi connectivity index (χ0) is 13.9. The molecule has 1 aliphatic heterocycles. The molecule has 0 aromatic carbocycles. The van der Waals surface area contributed by atoms with Crippen LogP contribution in [0.3, 0.4) is 0 Å². The van der Waals surface area contributed by atoms with Crippen LogP contribution in [-0.4, -0.2) is 45.5 Å². The third-order valence-electron chi connectivity index (χ3n) is 3.21. The number of hydrogen-bond donors (Lipinski definition) is 2. The van der Waals surface area contributed by atoms with E-state index in [0.29, 0.717) is 18.3 Å². The summed E-state index contributed by atoms with van der Waals surface area (Å²) >= 11 is 1.62. The number of nitrogens with zero attached hydrogens (tertiary/aromatic N) is 4. The van der Waals surface area contributed by atoms with Crippen molar-refractivity contribution in [3.05, 3.63) is 28.0 Å². The highest BCUT2D eigenvalue weighted by Gasteiger charge is 2.21. The van der Waals surface area contributed by atoms with Crippen molar-refractivity contribution in [2.75, 3.05) is 19.6 Å². The van der Waals surface area contributed by atoms with E-state index in [2.05, 4.69) is 25.9 Å². The van der Waals surface area contributed by atoms with Gasteiger partial charge in [0.25, 0.3) is 5.91 Å². The second kappa shape index (κ2) is 5.68. The van der Waals surface area contributed by atoms with Crippen LogP contribution in [0.2, 0.25) is 0 Å². The van der Waals surface area contributed by atoms with Gasteiger partial charge in [0.05, 0.1) is 22.9 Å². The van der Waals surface area contributed by atoms with E-state index in [4.69, 9.17) is 0 Å². The third-order valence-corrected chi connectivity index (χ3v) is 4.03. The van der Waals surface area contributed by atoms with Gasteiger partial charge in [-0.25, -0.2) is 9.67 Å². The van der Waals surface area contributed by atoms with Gasteiger partial charge in [0.1, 0.15) is 0 Å². The maximum atomic E-state index is 11.9. The van der Waals surface area contributed by atoms with E-state index >= 15 is 0 Å². The van der Waals surface area contributed by atoms with Crippen molar-refractivity contribution in [1.29, 1.82) is 0 Å². The van der Waals surface area contributed by atoms with Crippen LogP contribution in [-0.2, 0) is 6.42 Å². The Balaban J connectivity index is 1.49. The number of carbonyl (C=O) groups is 1. The van der Waals surface area contributed by atoms with E-state index < -0.39 is 0 Å². The van der Waals surface area contributed by atoms with Crippen molar-refractivity contribution in [3.63, 3.8) is 0 Å². The lowest BCUT2D eigenvalue weighted by Gasteiger charge is -2.26. The molecule has 106 valence electrons. The van der Waals surface area contributed by atoms with Crippen LogP contribution < -0.4 is 10.6 Å². The highest BCUT2D eigenvalue weighted by molar-refractivity contribution is 7.09. The van der Waals surface area contributed by atoms with Crippen LogP contribution in [0.15, 0.2) is 11.6 Å². The summed E-state index contributed by atoms with van der Waals surface area (Å²) in [6.45, 7) is 4.29. The second-order valence-electron chi connectivity index (χ2n) is 4.76. The Morgan fingerprint density at radius 2 is 2.45 bits per heavy atom. The number of aromatic nitrogens is 4.